The van der Waals surface area contributed by atoms with Crippen molar-refractivity contribution in [1.82, 2.24) is 9.55 Å². The minimum Gasteiger partial charge on any atom is -0.363 e. The fraction of sp³-hybridized carbons (Fsp3) is 0.667. The molecule has 2 rings (SSSR count). The normalized spacial score (nSPS) is 22.6. The van der Waals surface area contributed by atoms with Crippen molar-refractivity contribution in [3.63, 3.8) is 0 Å². The molecule has 3 atom stereocenters. The van der Waals surface area contributed by atoms with E-state index < -0.39 is 47.0 Å². The molecule has 0 saturated carbocycles. The fourth-order valence-electron chi connectivity index (χ4n) is 2.64. The number of nitrogens with one attached hydrogen (secondary N) is 1. The van der Waals surface area contributed by atoms with Crippen molar-refractivity contribution in [2.24, 2.45) is 0 Å². The Balaban J connectivity index is 2.17. The number of ether oxygens (including phenoxy) is 4. The number of nitrogens with zero attached hydrogens (tertiary/aromatic N) is 1. The van der Waals surface area contributed by atoms with Crippen LogP contribution in [0.4, 0.5) is 13.2 Å². The molecular formula is C18H23F3N2O6. The molecule has 0 bridgehead atoms. The van der Waals surface area contributed by atoms with E-state index in [1.54, 1.807) is 4.98 Å². The average Bonchev–Trinajstić information content (AvgIpc) is 2.97. The molecule has 11 heteroatoms. The SMILES string of the molecule is C#CCO[C@H]1C[C@H](n2cc(C(F)(F)F)c(=O)[nH]c2=O)O[C@@H]1COCOC(C)(C)C. The standard InChI is InChI=1S/C18H23F3N2O6/c1-5-6-27-12-7-14(29-13(12)9-26-10-28-17(2,3)4)23-8-11(18(19,20)21)15(24)22-16(23)25/h1,8,12-14H,6-7,9-10H2,2-4H3,(H,22,24,25)/t12-,13+,14+/m0/s1. The van der Waals surface area contributed by atoms with Crippen LogP contribution in [0.15, 0.2) is 15.8 Å². The van der Waals surface area contributed by atoms with Crippen LogP contribution < -0.4 is 11.2 Å². The molecule has 29 heavy (non-hydrogen) atoms. The van der Waals surface area contributed by atoms with Crippen molar-refractivity contribution in [2.75, 3.05) is 20.0 Å². The summed E-state index contributed by atoms with van der Waals surface area (Å²) < 4.78 is 61.7. The Morgan fingerprint density at radius 2 is 2.03 bits per heavy atom. The van der Waals surface area contributed by atoms with Crippen LogP contribution in [-0.2, 0) is 25.1 Å². The van der Waals surface area contributed by atoms with E-state index in [9.17, 15) is 22.8 Å². The molecule has 162 valence electrons. The number of aromatic amines is 1. The number of alkyl halides is 3. The molecule has 0 aromatic carbocycles. The summed E-state index contributed by atoms with van der Waals surface area (Å²) >= 11 is 0. The number of H-pyrrole nitrogens is 1. The van der Waals surface area contributed by atoms with Gasteiger partial charge in [-0.15, -0.1) is 6.42 Å². The molecule has 0 aliphatic carbocycles. The number of terminal acetylenes is 1. The highest BCUT2D eigenvalue weighted by Crippen LogP contribution is 2.32. The molecule has 1 saturated heterocycles. The Kier molecular flexibility index (Phi) is 7.29. The summed E-state index contributed by atoms with van der Waals surface area (Å²) in [6.07, 6.45) is -1.68. The molecule has 1 aromatic heterocycles. The topological polar surface area (TPSA) is 91.8 Å². The highest BCUT2D eigenvalue weighted by Gasteiger charge is 2.40. The first-order chi connectivity index (χ1) is 13.4. The zero-order chi connectivity index (χ0) is 21.8. The third-order valence-electron chi connectivity index (χ3n) is 4.00. The van der Waals surface area contributed by atoms with Crippen LogP contribution in [0.2, 0.25) is 0 Å². The first-order valence-corrected chi connectivity index (χ1v) is 8.77. The van der Waals surface area contributed by atoms with Gasteiger partial charge in [-0.2, -0.15) is 13.2 Å². The van der Waals surface area contributed by atoms with Crippen LogP contribution in [0.5, 0.6) is 0 Å². The maximum absolute atomic E-state index is 13.0. The highest BCUT2D eigenvalue weighted by atomic mass is 19.4. The Hall–Kier alpha value is -2.13. The zero-order valence-corrected chi connectivity index (χ0v) is 16.2. The van der Waals surface area contributed by atoms with E-state index in [1.807, 2.05) is 20.8 Å². The van der Waals surface area contributed by atoms with Gasteiger partial charge in [-0.05, 0) is 20.8 Å². The van der Waals surface area contributed by atoms with E-state index in [0.29, 0.717) is 10.8 Å². The molecule has 1 aromatic rings. The molecule has 0 amide bonds. The van der Waals surface area contributed by atoms with Gasteiger partial charge < -0.3 is 18.9 Å². The summed E-state index contributed by atoms with van der Waals surface area (Å²) in [5.74, 6) is 2.30. The third kappa shape index (κ3) is 6.43. The van der Waals surface area contributed by atoms with Gasteiger partial charge in [-0.25, -0.2) is 4.79 Å². The summed E-state index contributed by atoms with van der Waals surface area (Å²) in [6, 6.07) is 0. The minimum absolute atomic E-state index is 0.00600. The Labute approximate surface area is 164 Å². The van der Waals surface area contributed by atoms with E-state index in [1.165, 1.54) is 0 Å². The van der Waals surface area contributed by atoms with Gasteiger partial charge in [-0.3, -0.25) is 14.3 Å². The molecule has 8 nitrogen and oxygen atoms in total. The van der Waals surface area contributed by atoms with Crippen molar-refractivity contribution >= 4 is 0 Å². The smallest absolute Gasteiger partial charge is 0.363 e. The summed E-state index contributed by atoms with van der Waals surface area (Å²) in [5.41, 5.74) is -4.46. The lowest BCUT2D eigenvalue weighted by Crippen LogP contribution is -2.36. The van der Waals surface area contributed by atoms with Crippen molar-refractivity contribution in [3.05, 3.63) is 32.6 Å². The Bertz CT molecular complexity index is 849. The molecule has 2 heterocycles. The second-order valence-corrected chi connectivity index (χ2v) is 7.37. The Morgan fingerprint density at radius 1 is 1.34 bits per heavy atom. The summed E-state index contributed by atoms with van der Waals surface area (Å²) in [6.45, 7) is 5.46. The van der Waals surface area contributed by atoms with Gasteiger partial charge >= 0.3 is 11.9 Å². The highest BCUT2D eigenvalue weighted by molar-refractivity contribution is 5.09. The Morgan fingerprint density at radius 3 is 2.62 bits per heavy atom. The number of hydrogen-bond donors (Lipinski definition) is 1. The van der Waals surface area contributed by atoms with Crippen molar-refractivity contribution in [1.29, 1.82) is 0 Å². The quantitative estimate of drug-likeness (QED) is 0.410. The third-order valence-corrected chi connectivity index (χ3v) is 4.00. The fourth-order valence-corrected chi connectivity index (χ4v) is 2.64. The second-order valence-electron chi connectivity index (χ2n) is 7.37. The number of rotatable bonds is 7. The van der Waals surface area contributed by atoms with Crippen molar-refractivity contribution in [2.45, 2.75) is 57.4 Å². The van der Waals surface area contributed by atoms with Gasteiger partial charge in [0.1, 0.15) is 31.3 Å². The largest absolute Gasteiger partial charge is 0.423 e. The van der Waals surface area contributed by atoms with Gasteiger partial charge in [0.25, 0.3) is 5.56 Å². The van der Waals surface area contributed by atoms with E-state index in [2.05, 4.69) is 5.92 Å². The average molecular weight is 420 g/mol. The monoisotopic (exact) mass is 420 g/mol. The number of hydrogen-bond acceptors (Lipinski definition) is 6. The molecule has 1 aliphatic rings. The summed E-state index contributed by atoms with van der Waals surface area (Å²) in [7, 11) is 0. The van der Waals surface area contributed by atoms with E-state index >= 15 is 0 Å². The predicted octanol–water partition coefficient (Wildman–Crippen LogP) is 1.65. The van der Waals surface area contributed by atoms with Gasteiger partial charge in [0.15, 0.2) is 0 Å². The number of halogens is 3. The second kappa shape index (κ2) is 9.13. The van der Waals surface area contributed by atoms with E-state index in [4.69, 9.17) is 25.4 Å². The molecule has 0 unspecified atom stereocenters. The summed E-state index contributed by atoms with van der Waals surface area (Å²) in [5, 5.41) is 0. The first-order valence-electron chi connectivity index (χ1n) is 8.77. The molecular weight excluding hydrogens is 397 g/mol. The van der Waals surface area contributed by atoms with E-state index in [0.717, 1.165) is 0 Å². The van der Waals surface area contributed by atoms with Crippen LogP contribution in [0.1, 0.15) is 39.0 Å². The lowest BCUT2D eigenvalue weighted by molar-refractivity contribution is -0.150. The van der Waals surface area contributed by atoms with Crippen LogP contribution in [0.3, 0.4) is 0 Å². The van der Waals surface area contributed by atoms with E-state index in [-0.39, 0.29) is 26.4 Å². The maximum Gasteiger partial charge on any atom is 0.423 e. The van der Waals surface area contributed by atoms with Crippen LogP contribution in [0, 0.1) is 12.3 Å². The minimum atomic E-state index is -4.92. The molecule has 1 aliphatic heterocycles. The van der Waals surface area contributed by atoms with Crippen molar-refractivity contribution in [3.8, 4) is 12.3 Å². The van der Waals surface area contributed by atoms with Gasteiger partial charge in [-0.1, -0.05) is 5.92 Å². The van der Waals surface area contributed by atoms with Crippen LogP contribution >= 0.6 is 0 Å². The maximum atomic E-state index is 13.0. The number of aromatic nitrogens is 2. The molecule has 1 N–H and O–H groups in total. The zero-order valence-electron chi connectivity index (χ0n) is 16.2. The predicted molar refractivity (Wildman–Crippen MR) is 95.1 cm³/mol. The summed E-state index contributed by atoms with van der Waals surface area (Å²) in [4.78, 5) is 25.2. The molecule has 0 radical (unpaired) electrons. The first kappa shape index (κ1) is 23.2. The molecule has 0 spiro atoms. The molecule has 1 fully saturated rings. The van der Waals surface area contributed by atoms with Crippen LogP contribution in [0.25, 0.3) is 0 Å². The van der Waals surface area contributed by atoms with Crippen LogP contribution in [-0.4, -0.2) is 47.4 Å². The van der Waals surface area contributed by atoms with Gasteiger partial charge in [0, 0.05) is 12.6 Å². The lowest BCUT2D eigenvalue weighted by atomic mass is 10.2. The van der Waals surface area contributed by atoms with Gasteiger partial charge in [0.05, 0.1) is 18.3 Å². The lowest BCUT2D eigenvalue weighted by Gasteiger charge is -2.22. The van der Waals surface area contributed by atoms with Crippen molar-refractivity contribution < 1.29 is 32.1 Å². The van der Waals surface area contributed by atoms with Gasteiger partial charge in [0.2, 0.25) is 0 Å².